The van der Waals surface area contributed by atoms with Gasteiger partial charge in [0.2, 0.25) is 0 Å². The molecule has 0 heterocycles. The molecule has 0 radical (unpaired) electrons. The molecule has 4 heteroatoms. The maximum atomic E-state index is 11.1. The fraction of sp³-hybridized carbons (Fsp3) is 0.750. The zero-order chi connectivity index (χ0) is 9.78. The van der Waals surface area contributed by atoms with E-state index in [1.807, 2.05) is 6.92 Å². The molecule has 0 saturated carbocycles. The van der Waals surface area contributed by atoms with Gasteiger partial charge in [-0.25, -0.2) is 4.79 Å². The highest BCUT2D eigenvalue weighted by molar-refractivity contribution is 5.84. The van der Waals surface area contributed by atoms with Crippen LogP contribution in [0.3, 0.4) is 0 Å². The van der Waals surface area contributed by atoms with Crippen LogP contribution in [0.15, 0.2) is 0 Å². The minimum Gasteiger partial charge on any atom is -0.449 e. The summed E-state index contributed by atoms with van der Waals surface area (Å²) in [5.74, 6) is -0.683. The highest BCUT2D eigenvalue weighted by atomic mass is 16.7. The predicted octanol–water partition coefficient (Wildman–Crippen LogP) is 2.03. The molecule has 0 spiro atoms. The van der Waals surface area contributed by atoms with Gasteiger partial charge >= 0.3 is 12.1 Å². The van der Waals surface area contributed by atoms with E-state index in [9.17, 15) is 9.59 Å². The smallest absolute Gasteiger partial charge is 0.449 e. The molecule has 0 aromatic heterocycles. The van der Waals surface area contributed by atoms with Crippen molar-refractivity contribution in [1.29, 1.82) is 0 Å². The Balaban J connectivity index is 4.15. The van der Waals surface area contributed by atoms with E-state index >= 15 is 0 Å². The maximum Gasteiger partial charge on any atom is 0.513 e. The Morgan fingerprint density at radius 3 is 2.25 bits per heavy atom. The van der Waals surface area contributed by atoms with E-state index < -0.39 is 17.5 Å². The Bertz CT molecular complexity index is 183. The van der Waals surface area contributed by atoms with E-state index in [2.05, 4.69) is 4.74 Å². The fourth-order valence-electron chi connectivity index (χ4n) is 0.945. The Morgan fingerprint density at radius 1 is 1.42 bits per heavy atom. The van der Waals surface area contributed by atoms with Gasteiger partial charge in [0.15, 0.2) is 0 Å². The van der Waals surface area contributed by atoms with E-state index in [1.54, 1.807) is 13.8 Å². The molecule has 0 amide bonds. The van der Waals surface area contributed by atoms with Gasteiger partial charge < -0.3 is 9.84 Å². The van der Waals surface area contributed by atoms with Gasteiger partial charge in [-0.1, -0.05) is 13.3 Å². The van der Waals surface area contributed by atoms with Crippen LogP contribution in [-0.2, 0) is 9.53 Å². The number of carboxylic acid groups (broad SMARTS) is 1. The summed E-state index contributed by atoms with van der Waals surface area (Å²) in [7, 11) is 0. The minimum atomic E-state index is -1.54. The van der Waals surface area contributed by atoms with Crippen molar-refractivity contribution in [2.24, 2.45) is 5.41 Å². The van der Waals surface area contributed by atoms with Gasteiger partial charge in [0.05, 0.1) is 5.41 Å². The number of rotatable bonds is 3. The van der Waals surface area contributed by atoms with Crippen molar-refractivity contribution in [3.05, 3.63) is 0 Å². The SMILES string of the molecule is CCCC(C)(C)C(=O)OC(=O)O. The highest BCUT2D eigenvalue weighted by Crippen LogP contribution is 2.23. The first-order chi connectivity index (χ1) is 5.40. The van der Waals surface area contributed by atoms with Crippen LogP contribution in [0, 0.1) is 5.41 Å². The average molecular weight is 174 g/mol. The minimum absolute atomic E-state index is 0.624. The molecular formula is C8H14O4. The Labute approximate surface area is 71.5 Å². The Kier molecular flexibility index (Phi) is 3.73. The second-order valence-electron chi connectivity index (χ2n) is 3.29. The molecular weight excluding hydrogens is 160 g/mol. The molecule has 70 valence electrons. The highest BCUT2D eigenvalue weighted by Gasteiger charge is 2.29. The van der Waals surface area contributed by atoms with Gasteiger partial charge in [-0.15, -0.1) is 0 Å². The number of esters is 1. The van der Waals surface area contributed by atoms with Crippen molar-refractivity contribution >= 4 is 12.1 Å². The zero-order valence-electron chi connectivity index (χ0n) is 7.59. The predicted molar refractivity (Wildman–Crippen MR) is 42.8 cm³/mol. The third-order valence-corrected chi connectivity index (χ3v) is 1.61. The third-order valence-electron chi connectivity index (χ3n) is 1.61. The summed E-state index contributed by atoms with van der Waals surface area (Å²) < 4.78 is 4.05. The monoisotopic (exact) mass is 174 g/mol. The van der Waals surface area contributed by atoms with Gasteiger partial charge in [0.1, 0.15) is 0 Å². The zero-order valence-corrected chi connectivity index (χ0v) is 7.59. The van der Waals surface area contributed by atoms with Crippen LogP contribution in [0.4, 0.5) is 4.79 Å². The molecule has 0 rings (SSSR count). The molecule has 0 aromatic rings. The second kappa shape index (κ2) is 4.09. The van der Waals surface area contributed by atoms with Crippen molar-refractivity contribution in [2.75, 3.05) is 0 Å². The molecule has 0 atom stereocenters. The lowest BCUT2D eigenvalue weighted by Gasteiger charge is -2.19. The van der Waals surface area contributed by atoms with E-state index in [0.717, 1.165) is 6.42 Å². The molecule has 0 aliphatic carbocycles. The van der Waals surface area contributed by atoms with Crippen LogP contribution in [-0.4, -0.2) is 17.2 Å². The molecule has 0 saturated heterocycles. The molecule has 1 N–H and O–H groups in total. The van der Waals surface area contributed by atoms with Crippen molar-refractivity contribution in [2.45, 2.75) is 33.6 Å². The fourth-order valence-corrected chi connectivity index (χ4v) is 0.945. The van der Waals surface area contributed by atoms with E-state index in [4.69, 9.17) is 5.11 Å². The number of carbonyl (C=O) groups excluding carboxylic acids is 1. The maximum absolute atomic E-state index is 11.1. The lowest BCUT2D eigenvalue weighted by molar-refractivity contribution is -0.149. The molecule has 0 fully saturated rings. The van der Waals surface area contributed by atoms with Crippen LogP contribution < -0.4 is 0 Å². The standard InChI is InChI=1S/C8H14O4/c1-4-5-8(2,3)6(9)12-7(10)11/h4-5H2,1-3H3,(H,10,11). The molecule has 4 nitrogen and oxygen atoms in total. The summed E-state index contributed by atoms with van der Waals surface area (Å²) in [6.45, 7) is 5.26. The molecule has 0 unspecified atom stereocenters. The summed E-state index contributed by atoms with van der Waals surface area (Å²) >= 11 is 0. The van der Waals surface area contributed by atoms with Gasteiger partial charge in [-0.2, -0.15) is 0 Å². The topological polar surface area (TPSA) is 63.6 Å². The number of hydrogen-bond donors (Lipinski definition) is 1. The lowest BCUT2D eigenvalue weighted by Crippen LogP contribution is -2.28. The molecule has 12 heavy (non-hydrogen) atoms. The van der Waals surface area contributed by atoms with Crippen LogP contribution in [0.5, 0.6) is 0 Å². The second-order valence-corrected chi connectivity index (χ2v) is 3.29. The van der Waals surface area contributed by atoms with Crippen molar-refractivity contribution < 1.29 is 19.4 Å². The number of carbonyl (C=O) groups is 2. The van der Waals surface area contributed by atoms with E-state index in [1.165, 1.54) is 0 Å². The molecule has 0 aromatic carbocycles. The van der Waals surface area contributed by atoms with Crippen LogP contribution in [0.1, 0.15) is 33.6 Å². The number of ether oxygens (including phenoxy) is 1. The van der Waals surface area contributed by atoms with E-state index in [0.29, 0.717) is 6.42 Å². The van der Waals surface area contributed by atoms with Crippen molar-refractivity contribution in [3.63, 3.8) is 0 Å². The largest absolute Gasteiger partial charge is 0.513 e. The summed E-state index contributed by atoms with van der Waals surface area (Å²) in [6, 6.07) is 0. The van der Waals surface area contributed by atoms with Crippen molar-refractivity contribution in [3.8, 4) is 0 Å². The van der Waals surface area contributed by atoms with Crippen LogP contribution in [0.25, 0.3) is 0 Å². The molecule has 0 aliphatic rings. The first-order valence-corrected chi connectivity index (χ1v) is 3.85. The normalized spacial score (nSPS) is 10.9. The van der Waals surface area contributed by atoms with E-state index in [-0.39, 0.29) is 0 Å². The van der Waals surface area contributed by atoms with Gasteiger partial charge in [-0.3, -0.25) is 4.79 Å². The summed E-state index contributed by atoms with van der Waals surface area (Å²) in [4.78, 5) is 21.1. The van der Waals surface area contributed by atoms with Crippen molar-refractivity contribution in [1.82, 2.24) is 0 Å². The van der Waals surface area contributed by atoms with Crippen LogP contribution in [0.2, 0.25) is 0 Å². The molecule has 0 aliphatic heterocycles. The quantitative estimate of drug-likeness (QED) is 0.525. The van der Waals surface area contributed by atoms with Gasteiger partial charge in [-0.05, 0) is 20.3 Å². The molecule has 0 bridgehead atoms. The summed E-state index contributed by atoms with van der Waals surface area (Å²) in [5.41, 5.74) is -0.701. The first kappa shape index (κ1) is 10.9. The Morgan fingerprint density at radius 2 is 1.92 bits per heavy atom. The summed E-state index contributed by atoms with van der Waals surface area (Å²) in [6.07, 6.45) is -0.0925. The lowest BCUT2D eigenvalue weighted by atomic mass is 9.88. The van der Waals surface area contributed by atoms with Gasteiger partial charge in [0.25, 0.3) is 0 Å². The summed E-state index contributed by atoms with van der Waals surface area (Å²) in [5, 5.41) is 8.17. The van der Waals surface area contributed by atoms with Crippen LogP contribution >= 0.6 is 0 Å². The average Bonchev–Trinajstić information content (AvgIpc) is 1.85. The number of hydrogen-bond acceptors (Lipinski definition) is 3. The first-order valence-electron chi connectivity index (χ1n) is 3.85. The van der Waals surface area contributed by atoms with Gasteiger partial charge in [0, 0.05) is 0 Å². The Hall–Kier alpha value is -1.06. The third kappa shape index (κ3) is 3.37.